The summed E-state index contributed by atoms with van der Waals surface area (Å²) in [5, 5.41) is 9.76. The van der Waals surface area contributed by atoms with Crippen LogP contribution in [-0.4, -0.2) is 43.6 Å². The summed E-state index contributed by atoms with van der Waals surface area (Å²) in [6, 6.07) is 0. The van der Waals surface area contributed by atoms with Gasteiger partial charge in [-0.05, 0) is 27.2 Å². The smallest absolute Gasteiger partial charge is 0.410 e. The third-order valence-electron chi connectivity index (χ3n) is 3.12. The van der Waals surface area contributed by atoms with Gasteiger partial charge in [0.15, 0.2) is 5.16 Å². The molecule has 0 bridgehead atoms. The van der Waals surface area contributed by atoms with E-state index >= 15 is 0 Å². The van der Waals surface area contributed by atoms with Crippen LogP contribution in [0.2, 0.25) is 0 Å². The van der Waals surface area contributed by atoms with Crippen LogP contribution in [0.5, 0.6) is 0 Å². The molecule has 0 radical (unpaired) electrons. The van der Waals surface area contributed by atoms with Crippen molar-refractivity contribution in [2.45, 2.75) is 51.0 Å². The van der Waals surface area contributed by atoms with Crippen molar-refractivity contribution in [3.05, 3.63) is 11.4 Å². The van der Waals surface area contributed by atoms with Crippen LogP contribution in [0.3, 0.4) is 0 Å². The van der Waals surface area contributed by atoms with E-state index in [2.05, 4.69) is 4.98 Å². The van der Waals surface area contributed by atoms with E-state index in [-0.39, 0.29) is 12.7 Å². The second kappa shape index (κ2) is 6.27. The van der Waals surface area contributed by atoms with Crippen LogP contribution in [0.1, 0.15) is 38.6 Å². The zero-order valence-corrected chi connectivity index (χ0v) is 13.9. The van der Waals surface area contributed by atoms with Crippen LogP contribution in [0, 0.1) is 0 Å². The number of imidazole rings is 1. The Labute approximate surface area is 129 Å². The largest absolute Gasteiger partial charge is 0.444 e. The fourth-order valence-electron chi connectivity index (χ4n) is 2.12. The van der Waals surface area contributed by atoms with E-state index in [0.29, 0.717) is 13.1 Å². The minimum absolute atomic E-state index is 0.198. The van der Waals surface area contributed by atoms with E-state index in [1.54, 1.807) is 16.7 Å². The Balaban J connectivity index is 1.99. The lowest BCUT2D eigenvalue weighted by molar-refractivity contribution is 0.0237. The second-order valence-corrected chi connectivity index (χ2v) is 7.17. The Kier molecular flexibility index (Phi) is 4.83. The lowest BCUT2D eigenvalue weighted by Crippen LogP contribution is -2.33. The molecule has 0 unspecified atom stereocenters. The number of fused-ring (bicyclic) bond motifs is 1. The molecule has 2 heterocycles. The Hall–Kier alpha value is -1.21. The molecule has 0 fully saturated rings. The highest BCUT2D eigenvalue weighted by atomic mass is 32.2. The van der Waals surface area contributed by atoms with Gasteiger partial charge in [-0.2, -0.15) is 0 Å². The average molecular weight is 313 g/mol. The number of hydrogen-bond donors (Lipinski definition) is 1. The highest BCUT2D eigenvalue weighted by molar-refractivity contribution is 7.99. The summed E-state index contributed by atoms with van der Waals surface area (Å²) in [4.78, 5) is 18.3. The van der Waals surface area contributed by atoms with Gasteiger partial charge in [-0.25, -0.2) is 9.78 Å². The van der Waals surface area contributed by atoms with Crippen molar-refractivity contribution in [1.29, 1.82) is 0 Å². The van der Waals surface area contributed by atoms with E-state index in [1.807, 2.05) is 32.4 Å². The molecule has 0 spiro atoms. The van der Waals surface area contributed by atoms with Crippen molar-refractivity contribution in [3.63, 3.8) is 0 Å². The molecule has 1 aromatic rings. The predicted octanol–water partition coefficient (Wildman–Crippen LogP) is 2.15. The minimum Gasteiger partial charge on any atom is -0.444 e. The first-order valence-electron chi connectivity index (χ1n) is 7.08. The standard InChI is InChI=1S/C14H23N3O3S/c1-14(2,3)20-13(19)17-8-10-11(9-17)16(4)12(15-10)21-7-5-6-18/h18H,5-9H2,1-4H3. The Morgan fingerprint density at radius 2 is 2.14 bits per heavy atom. The first kappa shape index (κ1) is 16.2. The van der Waals surface area contributed by atoms with Crippen molar-refractivity contribution >= 4 is 17.9 Å². The van der Waals surface area contributed by atoms with Crippen LogP contribution in [-0.2, 0) is 24.9 Å². The summed E-state index contributed by atoms with van der Waals surface area (Å²) in [6.45, 7) is 6.82. The van der Waals surface area contributed by atoms with Crippen LogP contribution < -0.4 is 0 Å². The molecular weight excluding hydrogens is 290 g/mol. The number of carbonyl (C=O) groups excluding carboxylic acids is 1. The minimum atomic E-state index is -0.482. The van der Waals surface area contributed by atoms with E-state index in [1.165, 1.54) is 0 Å². The maximum Gasteiger partial charge on any atom is 0.410 e. The lowest BCUT2D eigenvalue weighted by atomic mass is 10.2. The molecule has 21 heavy (non-hydrogen) atoms. The molecule has 1 aliphatic rings. The van der Waals surface area contributed by atoms with Gasteiger partial charge in [0, 0.05) is 19.4 Å². The van der Waals surface area contributed by atoms with Gasteiger partial charge in [-0.1, -0.05) is 11.8 Å². The summed E-state index contributed by atoms with van der Waals surface area (Å²) in [5.41, 5.74) is 1.52. The number of ether oxygens (including phenoxy) is 1. The van der Waals surface area contributed by atoms with Gasteiger partial charge in [0.05, 0.1) is 24.5 Å². The number of carbonyl (C=O) groups is 1. The zero-order chi connectivity index (χ0) is 15.6. The number of thioether (sulfide) groups is 1. The SMILES string of the molecule is Cn1c(SCCCO)nc2c1CN(C(=O)OC(C)(C)C)C2. The van der Waals surface area contributed by atoms with E-state index in [4.69, 9.17) is 9.84 Å². The van der Waals surface area contributed by atoms with Crippen LogP contribution in [0.4, 0.5) is 4.79 Å². The first-order chi connectivity index (χ1) is 9.81. The molecule has 0 aliphatic carbocycles. The van der Waals surface area contributed by atoms with Crippen molar-refractivity contribution in [1.82, 2.24) is 14.5 Å². The Bertz CT molecular complexity index is 522. The summed E-state index contributed by atoms with van der Waals surface area (Å²) in [6.07, 6.45) is 0.460. The topological polar surface area (TPSA) is 67.6 Å². The number of aliphatic hydroxyl groups is 1. The van der Waals surface area contributed by atoms with Gasteiger partial charge in [0.1, 0.15) is 5.60 Å². The highest BCUT2D eigenvalue weighted by Crippen LogP contribution is 2.28. The molecule has 0 aromatic carbocycles. The molecule has 0 saturated carbocycles. The number of nitrogens with zero attached hydrogens (tertiary/aromatic N) is 3. The van der Waals surface area contributed by atoms with E-state index in [9.17, 15) is 4.79 Å². The van der Waals surface area contributed by atoms with Gasteiger partial charge < -0.3 is 14.4 Å². The monoisotopic (exact) mass is 313 g/mol. The van der Waals surface area contributed by atoms with Gasteiger partial charge in [0.25, 0.3) is 0 Å². The van der Waals surface area contributed by atoms with Crippen molar-refractivity contribution in [2.75, 3.05) is 12.4 Å². The van der Waals surface area contributed by atoms with E-state index < -0.39 is 5.60 Å². The number of aromatic nitrogens is 2. The summed E-state index contributed by atoms with van der Waals surface area (Å²) in [5.74, 6) is 0.843. The maximum absolute atomic E-state index is 12.1. The van der Waals surface area contributed by atoms with Crippen LogP contribution in [0.25, 0.3) is 0 Å². The number of aliphatic hydroxyl groups excluding tert-OH is 1. The summed E-state index contributed by atoms with van der Waals surface area (Å²) >= 11 is 1.63. The molecule has 6 nitrogen and oxygen atoms in total. The van der Waals surface area contributed by atoms with Gasteiger partial charge >= 0.3 is 6.09 Å². The van der Waals surface area contributed by atoms with E-state index in [0.717, 1.165) is 28.7 Å². The molecule has 1 N–H and O–H groups in total. The third-order valence-corrected chi connectivity index (χ3v) is 4.24. The van der Waals surface area contributed by atoms with Crippen molar-refractivity contribution < 1.29 is 14.6 Å². The molecule has 7 heteroatoms. The normalized spacial score (nSPS) is 14.4. The average Bonchev–Trinajstić information content (AvgIpc) is 2.89. The molecular formula is C14H23N3O3S. The molecule has 1 aromatic heterocycles. The number of rotatable bonds is 4. The fraction of sp³-hybridized carbons (Fsp3) is 0.714. The molecule has 0 atom stereocenters. The maximum atomic E-state index is 12.1. The molecule has 0 saturated heterocycles. The van der Waals surface area contributed by atoms with Gasteiger partial charge in [-0.15, -0.1) is 0 Å². The molecule has 118 valence electrons. The molecule has 2 rings (SSSR count). The Morgan fingerprint density at radius 1 is 1.43 bits per heavy atom. The zero-order valence-electron chi connectivity index (χ0n) is 13.0. The highest BCUT2D eigenvalue weighted by Gasteiger charge is 2.31. The number of hydrogen-bond acceptors (Lipinski definition) is 5. The van der Waals surface area contributed by atoms with Crippen molar-refractivity contribution in [2.24, 2.45) is 7.05 Å². The third kappa shape index (κ3) is 3.91. The second-order valence-electron chi connectivity index (χ2n) is 6.11. The van der Waals surface area contributed by atoms with Crippen LogP contribution >= 0.6 is 11.8 Å². The summed E-state index contributed by atoms with van der Waals surface area (Å²) in [7, 11) is 1.96. The van der Waals surface area contributed by atoms with Crippen LogP contribution in [0.15, 0.2) is 5.16 Å². The van der Waals surface area contributed by atoms with Gasteiger partial charge in [-0.3, -0.25) is 4.90 Å². The lowest BCUT2D eigenvalue weighted by Gasteiger charge is -2.24. The van der Waals surface area contributed by atoms with Crippen molar-refractivity contribution in [3.8, 4) is 0 Å². The Morgan fingerprint density at radius 3 is 2.71 bits per heavy atom. The quantitative estimate of drug-likeness (QED) is 0.681. The molecule has 1 amide bonds. The predicted molar refractivity (Wildman–Crippen MR) is 81.1 cm³/mol. The first-order valence-corrected chi connectivity index (χ1v) is 8.06. The summed E-state index contributed by atoms with van der Waals surface area (Å²) < 4.78 is 7.42. The fourth-order valence-corrected chi connectivity index (χ4v) is 3.05. The van der Waals surface area contributed by atoms with Gasteiger partial charge in [0.2, 0.25) is 0 Å². The number of amides is 1. The molecule has 1 aliphatic heterocycles.